The molecule has 0 aromatic heterocycles. The average molecular weight is 432 g/mol. The van der Waals surface area contributed by atoms with Gasteiger partial charge in [-0.15, -0.1) is 0 Å². The van der Waals surface area contributed by atoms with E-state index in [2.05, 4.69) is 0 Å². The first-order valence-corrected chi connectivity index (χ1v) is 10.3. The third-order valence-corrected chi connectivity index (χ3v) is 6.28. The molecule has 3 aromatic carbocycles. The van der Waals surface area contributed by atoms with Crippen LogP contribution in [0.1, 0.15) is 23.1 Å². The zero-order valence-electron chi connectivity index (χ0n) is 16.7. The molecule has 2 amide bonds. The van der Waals surface area contributed by atoms with Crippen molar-refractivity contribution in [3.63, 3.8) is 0 Å². The van der Waals surface area contributed by atoms with Gasteiger partial charge in [0.25, 0.3) is 0 Å². The highest BCUT2D eigenvalue weighted by atomic mass is 35.5. The molecule has 2 aliphatic rings. The van der Waals surface area contributed by atoms with Gasteiger partial charge in [-0.1, -0.05) is 65.7 Å². The topological polar surface area (TPSA) is 63.7 Å². The zero-order valence-corrected chi connectivity index (χ0v) is 17.4. The van der Waals surface area contributed by atoms with Crippen molar-refractivity contribution in [1.29, 1.82) is 0 Å². The molecule has 2 aliphatic heterocycles. The maximum Gasteiger partial charge on any atom is 0.327 e. The van der Waals surface area contributed by atoms with Gasteiger partial charge in [0.05, 0.1) is 11.6 Å². The number of amides is 2. The molecule has 0 unspecified atom stereocenters. The lowest BCUT2D eigenvalue weighted by Crippen LogP contribution is -2.46. The Morgan fingerprint density at radius 3 is 2.48 bits per heavy atom. The number of esters is 1. The number of hydrogen-bond acceptors (Lipinski definition) is 4. The first kappa shape index (κ1) is 19.5. The molecule has 1 saturated heterocycles. The van der Waals surface area contributed by atoms with Gasteiger partial charge in [-0.2, -0.15) is 0 Å². The summed E-state index contributed by atoms with van der Waals surface area (Å²) in [4.78, 5) is 41.3. The monoisotopic (exact) mass is 431 g/mol. The second-order valence-corrected chi connectivity index (χ2v) is 8.30. The minimum atomic E-state index is -1.40. The van der Waals surface area contributed by atoms with Gasteiger partial charge in [-0.25, -0.2) is 0 Å². The summed E-state index contributed by atoms with van der Waals surface area (Å²) in [6.07, 6.45) is -0.108. The highest BCUT2D eigenvalue weighted by Gasteiger charge is 2.62. The largest absolute Gasteiger partial charge is 0.425 e. The van der Waals surface area contributed by atoms with E-state index in [-0.39, 0.29) is 12.3 Å². The summed E-state index contributed by atoms with van der Waals surface area (Å²) in [7, 11) is 0. The zero-order chi connectivity index (χ0) is 21.8. The van der Waals surface area contributed by atoms with Crippen molar-refractivity contribution in [2.75, 3.05) is 4.90 Å². The van der Waals surface area contributed by atoms with Gasteiger partial charge in [-0.05, 0) is 36.8 Å². The molecule has 0 N–H and O–H groups in total. The Morgan fingerprint density at radius 2 is 1.74 bits per heavy atom. The minimum Gasteiger partial charge on any atom is -0.425 e. The number of hydrogen-bond donors (Lipinski definition) is 0. The van der Waals surface area contributed by atoms with Crippen LogP contribution < -0.4 is 9.64 Å². The van der Waals surface area contributed by atoms with Crippen LogP contribution in [0.15, 0.2) is 72.8 Å². The van der Waals surface area contributed by atoms with Crippen LogP contribution in [0.4, 0.5) is 5.69 Å². The number of carbonyl (C=O) groups is 3. The SMILES string of the molecule is Cc1ccc2c(c1)[C@@](c1ccccc1)([C@@H]1CC(=O)N(c3cccc(Cl)c3)C1=O)C(=O)O2. The van der Waals surface area contributed by atoms with Crippen LogP contribution in [-0.4, -0.2) is 17.8 Å². The van der Waals surface area contributed by atoms with E-state index in [0.717, 1.165) is 10.5 Å². The quantitative estimate of drug-likeness (QED) is 0.349. The van der Waals surface area contributed by atoms with Crippen LogP contribution in [0.5, 0.6) is 5.75 Å². The maximum atomic E-state index is 13.7. The molecule has 31 heavy (non-hydrogen) atoms. The molecule has 0 saturated carbocycles. The molecule has 6 heteroatoms. The molecule has 0 radical (unpaired) electrons. The summed E-state index contributed by atoms with van der Waals surface area (Å²) in [5.74, 6) is -1.87. The van der Waals surface area contributed by atoms with Gasteiger partial charge in [0.15, 0.2) is 0 Å². The molecule has 5 nitrogen and oxygen atoms in total. The van der Waals surface area contributed by atoms with E-state index in [0.29, 0.717) is 27.6 Å². The van der Waals surface area contributed by atoms with E-state index >= 15 is 0 Å². The molecule has 0 aliphatic carbocycles. The van der Waals surface area contributed by atoms with Crippen LogP contribution in [0, 0.1) is 12.8 Å². The van der Waals surface area contributed by atoms with E-state index in [4.69, 9.17) is 16.3 Å². The predicted molar refractivity (Wildman–Crippen MR) is 116 cm³/mol. The number of rotatable bonds is 3. The van der Waals surface area contributed by atoms with Crippen molar-refractivity contribution in [2.24, 2.45) is 5.92 Å². The van der Waals surface area contributed by atoms with Gasteiger partial charge in [0, 0.05) is 17.0 Å². The fourth-order valence-corrected chi connectivity index (χ4v) is 4.88. The van der Waals surface area contributed by atoms with E-state index in [9.17, 15) is 14.4 Å². The van der Waals surface area contributed by atoms with Crippen LogP contribution >= 0.6 is 11.6 Å². The van der Waals surface area contributed by atoms with E-state index in [1.165, 1.54) is 0 Å². The van der Waals surface area contributed by atoms with Crippen molar-refractivity contribution >= 4 is 35.1 Å². The van der Waals surface area contributed by atoms with Crippen LogP contribution in [0.25, 0.3) is 0 Å². The van der Waals surface area contributed by atoms with E-state index in [1.807, 2.05) is 37.3 Å². The Balaban J connectivity index is 1.72. The third-order valence-electron chi connectivity index (χ3n) is 6.05. The average Bonchev–Trinajstić information content (AvgIpc) is 3.21. The lowest BCUT2D eigenvalue weighted by atomic mass is 9.65. The smallest absolute Gasteiger partial charge is 0.327 e. The molecule has 0 spiro atoms. The molecule has 0 bridgehead atoms. The Morgan fingerprint density at radius 1 is 0.968 bits per heavy atom. The van der Waals surface area contributed by atoms with Gasteiger partial charge in [-0.3, -0.25) is 19.3 Å². The second-order valence-electron chi connectivity index (χ2n) is 7.87. The maximum absolute atomic E-state index is 13.7. The molecule has 2 heterocycles. The number of ether oxygens (including phenoxy) is 1. The van der Waals surface area contributed by atoms with Gasteiger partial charge < -0.3 is 4.74 Å². The number of benzene rings is 3. The van der Waals surface area contributed by atoms with Crippen molar-refractivity contribution in [2.45, 2.75) is 18.8 Å². The lowest BCUT2D eigenvalue weighted by Gasteiger charge is -2.31. The van der Waals surface area contributed by atoms with Crippen LogP contribution in [0.2, 0.25) is 5.02 Å². The number of anilines is 1. The second kappa shape index (κ2) is 7.06. The molecular weight excluding hydrogens is 414 g/mol. The lowest BCUT2D eigenvalue weighted by molar-refractivity contribution is -0.141. The van der Waals surface area contributed by atoms with Crippen molar-refractivity contribution < 1.29 is 19.1 Å². The summed E-state index contributed by atoms with van der Waals surface area (Å²) < 4.78 is 5.65. The third kappa shape index (κ3) is 2.81. The summed E-state index contributed by atoms with van der Waals surface area (Å²) in [6.45, 7) is 1.92. The first-order chi connectivity index (χ1) is 14.9. The normalized spacial score (nSPS) is 22.6. The number of aryl methyl sites for hydroxylation is 1. The fourth-order valence-electron chi connectivity index (χ4n) is 4.69. The number of carbonyl (C=O) groups excluding carboxylic acids is 3. The van der Waals surface area contributed by atoms with Gasteiger partial charge in [0.2, 0.25) is 11.8 Å². The molecule has 3 aromatic rings. The fraction of sp³-hybridized carbons (Fsp3) is 0.160. The predicted octanol–water partition coefficient (Wildman–Crippen LogP) is 4.43. The Kier molecular flexibility index (Phi) is 4.45. The highest BCUT2D eigenvalue weighted by Crippen LogP contribution is 2.52. The van der Waals surface area contributed by atoms with Crippen molar-refractivity contribution in [1.82, 2.24) is 0 Å². The van der Waals surface area contributed by atoms with E-state index in [1.54, 1.807) is 42.5 Å². The Hall–Kier alpha value is -3.44. The summed E-state index contributed by atoms with van der Waals surface area (Å²) in [5.41, 5.74) is 1.17. The van der Waals surface area contributed by atoms with Gasteiger partial charge in [0.1, 0.15) is 11.2 Å². The van der Waals surface area contributed by atoms with Crippen molar-refractivity contribution in [3.05, 3.63) is 94.5 Å². The minimum absolute atomic E-state index is 0.108. The number of nitrogens with zero attached hydrogens (tertiary/aromatic N) is 1. The highest BCUT2D eigenvalue weighted by molar-refractivity contribution is 6.31. The molecule has 2 atom stereocenters. The molecule has 154 valence electrons. The number of fused-ring (bicyclic) bond motifs is 1. The standard InChI is InChI=1S/C25H18ClNO4/c1-15-10-11-21-19(12-15)25(24(30)31-21,16-6-3-2-4-7-16)20-14-22(28)27(23(20)29)18-9-5-8-17(26)13-18/h2-13,20H,14H2,1H3/t20-,25+/m1/s1. The molecule has 1 fully saturated rings. The Bertz CT molecular complexity index is 1240. The summed E-state index contributed by atoms with van der Waals surface area (Å²) in [6, 6.07) is 21.1. The first-order valence-electron chi connectivity index (χ1n) is 9.94. The van der Waals surface area contributed by atoms with Crippen LogP contribution in [-0.2, 0) is 19.8 Å². The molecular formula is C25H18ClNO4. The van der Waals surface area contributed by atoms with E-state index < -0.39 is 23.2 Å². The van der Waals surface area contributed by atoms with Crippen LogP contribution in [0.3, 0.4) is 0 Å². The summed E-state index contributed by atoms with van der Waals surface area (Å²) in [5, 5.41) is 0.417. The molecule has 5 rings (SSSR count). The number of imide groups is 1. The van der Waals surface area contributed by atoms with Gasteiger partial charge >= 0.3 is 5.97 Å². The number of halogens is 1. The summed E-state index contributed by atoms with van der Waals surface area (Å²) >= 11 is 6.09. The Labute approximate surface area is 184 Å². The van der Waals surface area contributed by atoms with Crippen molar-refractivity contribution in [3.8, 4) is 5.75 Å².